The molecule has 104 valence electrons. The number of rotatable bonds is 2. The van der Waals surface area contributed by atoms with E-state index in [1.54, 1.807) is 0 Å². The van der Waals surface area contributed by atoms with Crippen LogP contribution in [0.3, 0.4) is 0 Å². The molecule has 0 amide bonds. The summed E-state index contributed by atoms with van der Waals surface area (Å²) in [7, 11) is 0. The van der Waals surface area contributed by atoms with Gasteiger partial charge in [-0.3, -0.25) is 0 Å². The zero-order valence-corrected chi connectivity index (χ0v) is 12.2. The van der Waals surface area contributed by atoms with Crippen LogP contribution in [0, 0.1) is 5.41 Å². The summed E-state index contributed by atoms with van der Waals surface area (Å²) in [4.78, 5) is 0. The van der Waals surface area contributed by atoms with Gasteiger partial charge in [0.15, 0.2) is 11.5 Å². The Balaban J connectivity index is 1.89. The van der Waals surface area contributed by atoms with E-state index in [0.717, 1.165) is 24.3 Å². The van der Waals surface area contributed by atoms with Gasteiger partial charge < -0.3 is 15.2 Å². The smallest absolute Gasteiger partial charge is 0.179 e. The average molecular weight is 282 g/mol. The molecule has 0 unspecified atom stereocenters. The molecule has 1 spiro atoms. The fourth-order valence-electron chi connectivity index (χ4n) is 2.46. The summed E-state index contributed by atoms with van der Waals surface area (Å²) < 4.78 is 11.8. The molecular weight excluding hydrogens is 262 g/mol. The third-order valence-corrected chi connectivity index (χ3v) is 4.02. The molecular formula is C15H20ClNO2. The van der Waals surface area contributed by atoms with Gasteiger partial charge in [0, 0.05) is 11.0 Å². The molecule has 0 aromatic heterocycles. The van der Waals surface area contributed by atoms with Crippen molar-refractivity contribution in [1.82, 2.24) is 0 Å². The van der Waals surface area contributed by atoms with E-state index in [1.807, 2.05) is 26.0 Å². The van der Waals surface area contributed by atoms with Crippen LogP contribution in [0.25, 0.3) is 0 Å². The molecule has 1 heterocycles. The zero-order chi connectivity index (χ0) is 13.7. The molecule has 2 N–H and O–H groups in total. The van der Waals surface area contributed by atoms with Gasteiger partial charge in [0.05, 0.1) is 18.2 Å². The number of hydrogen-bond donors (Lipinski definition) is 1. The molecule has 3 rings (SSSR count). The minimum absolute atomic E-state index is 0.232. The van der Waals surface area contributed by atoms with Crippen molar-refractivity contribution < 1.29 is 9.47 Å². The fraction of sp³-hybridized carbons (Fsp3) is 0.600. The third-order valence-electron chi connectivity index (χ3n) is 3.74. The summed E-state index contributed by atoms with van der Waals surface area (Å²) in [5.74, 6) is 1.44. The molecule has 0 saturated heterocycles. The first-order valence-electron chi connectivity index (χ1n) is 6.74. The van der Waals surface area contributed by atoms with Crippen LogP contribution in [-0.4, -0.2) is 18.8 Å². The molecule has 3 nitrogen and oxygen atoms in total. The van der Waals surface area contributed by atoms with Crippen molar-refractivity contribution in [3.63, 3.8) is 0 Å². The lowest BCUT2D eigenvalue weighted by Crippen LogP contribution is -2.34. The summed E-state index contributed by atoms with van der Waals surface area (Å²) in [6, 6.07) is 3.94. The Hall–Kier alpha value is -0.930. The normalized spacial score (nSPS) is 20.2. The predicted molar refractivity (Wildman–Crippen MR) is 76.1 cm³/mol. The van der Waals surface area contributed by atoms with E-state index in [1.165, 1.54) is 12.8 Å². The van der Waals surface area contributed by atoms with Crippen LogP contribution >= 0.6 is 11.6 Å². The third kappa shape index (κ3) is 2.82. The Labute approximate surface area is 119 Å². The van der Waals surface area contributed by atoms with Gasteiger partial charge in [0.1, 0.15) is 0 Å². The highest BCUT2D eigenvalue weighted by Gasteiger charge is 2.46. The highest BCUT2D eigenvalue weighted by atomic mass is 35.5. The molecule has 1 saturated carbocycles. The zero-order valence-electron chi connectivity index (χ0n) is 11.5. The maximum atomic E-state index is 6.32. The van der Waals surface area contributed by atoms with Crippen LogP contribution in [0.5, 0.6) is 11.5 Å². The second-order valence-electron chi connectivity index (χ2n) is 6.65. The second kappa shape index (κ2) is 4.29. The van der Waals surface area contributed by atoms with Crippen LogP contribution in [0.15, 0.2) is 12.1 Å². The van der Waals surface area contributed by atoms with E-state index < -0.39 is 0 Å². The number of ether oxygens (including phenoxy) is 2. The predicted octanol–water partition coefficient (Wildman–Crippen LogP) is 3.17. The summed E-state index contributed by atoms with van der Waals surface area (Å²) in [6.07, 6.45) is 3.12. The Morgan fingerprint density at radius 3 is 2.58 bits per heavy atom. The molecule has 0 atom stereocenters. The van der Waals surface area contributed by atoms with E-state index in [2.05, 4.69) is 0 Å². The Morgan fingerprint density at radius 2 is 1.95 bits per heavy atom. The summed E-state index contributed by atoms with van der Waals surface area (Å²) in [5.41, 5.74) is 7.12. The van der Waals surface area contributed by atoms with Gasteiger partial charge in [0.25, 0.3) is 0 Å². The van der Waals surface area contributed by atoms with Crippen molar-refractivity contribution in [3.8, 4) is 11.5 Å². The second-order valence-corrected chi connectivity index (χ2v) is 7.05. The van der Waals surface area contributed by atoms with Gasteiger partial charge >= 0.3 is 0 Å². The summed E-state index contributed by atoms with van der Waals surface area (Å²) in [6.45, 7) is 5.44. The van der Waals surface area contributed by atoms with Crippen molar-refractivity contribution in [1.29, 1.82) is 0 Å². The van der Waals surface area contributed by atoms with E-state index in [4.69, 9.17) is 26.8 Å². The molecule has 1 aliphatic heterocycles. The molecule has 4 heteroatoms. The molecule has 1 aliphatic carbocycles. The lowest BCUT2D eigenvalue weighted by atomic mass is 9.96. The lowest BCUT2D eigenvalue weighted by molar-refractivity contribution is 0.197. The Morgan fingerprint density at radius 1 is 1.26 bits per heavy atom. The minimum atomic E-state index is -0.263. The minimum Gasteiger partial charge on any atom is -0.489 e. The average Bonchev–Trinajstić information content (AvgIpc) is 3.05. The Kier molecular flexibility index (Phi) is 2.95. The van der Waals surface area contributed by atoms with Gasteiger partial charge in [-0.1, -0.05) is 11.6 Å². The van der Waals surface area contributed by atoms with Crippen LogP contribution in [0.2, 0.25) is 5.02 Å². The fourth-order valence-corrected chi connectivity index (χ4v) is 2.75. The van der Waals surface area contributed by atoms with Crippen LogP contribution in [0.4, 0.5) is 0 Å². The van der Waals surface area contributed by atoms with Crippen molar-refractivity contribution in [3.05, 3.63) is 22.7 Å². The van der Waals surface area contributed by atoms with Crippen LogP contribution in [0.1, 0.15) is 32.3 Å². The molecule has 1 fully saturated rings. The van der Waals surface area contributed by atoms with Gasteiger partial charge in [-0.05, 0) is 50.8 Å². The van der Waals surface area contributed by atoms with E-state index >= 15 is 0 Å². The van der Waals surface area contributed by atoms with Crippen LogP contribution < -0.4 is 15.2 Å². The van der Waals surface area contributed by atoms with E-state index in [9.17, 15) is 0 Å². The molecule has 19 heavy (non-hydrogen) atoms. The largest absolute Gasteiger partial charge is 0.489 e. The Bertz CT molecular complexity index is 504. The number of fused-ring (bicyclic) bond motifs is 1. The monoisotopic (exact) mass is 281 g/mol. The molecule has 1 aromatic rings. The topological polar surface area (TPSA) is 44.5 Å². The lowest BCUT2D eigenvalue weighted by Gasteiger charge is -2.19. The SMILES string of the molecule is CC(C)(N)Cc1cc(Cl)c2c(c1)OCC1(CC1)CO2. The molecule has 1 aromatic carbocycles. The maximum Gasteiger partial charge on any atom is 0.179 e. The van der Waals surface area contributed by atoms with Gasteiger partial charge in [-0.15, -0.1) is 0 Å². The van der Waals surface area contributed by atoms with Crippen molar-refractivity contribution in [2.24, 2.45) is 11.1 Å². The number of benzene rings is 1. The first-order chi connectivity index (χ1) is 8.87. The first-order valence-corrected chi connectivity index (χ1v) is 7.12. The van der Waals surface area contributed by atoms with E-state index in [0.29, 0.717) is 17.4 Å². The summed E-state index contributed by atoms with van der Waals surface area (Å²) in [5, 5.41) is 0.620. The van der Waals surface area contributed by atoms with Gasteiger partial charge in [0.2, 0.25) is 0 Å². The first kappa shape index (κ1) is 13.1. The number of nitrogens with two attached hydrogens (primary N) is 1. The van der Waals surface area contributed by atoms with Gasteiger partial charge in [-0.2, -0.15) is 0 Å². The van der Waals surface area contributed by atoms with Crippen molar-refractivity contribution in [2.75, 3.05) is 13.2 Å². The van der Waals surface area contributed by atoms with Crippen molar-refractivity contribution >= 4 is 11.6 Å². The highest BCUT2D eigenvalue weighted by Crippen LogP contribution is 2.50. The molecule has 0 bridgehead atoms. The molecule has 2 aliphatic rings. The van der Waals surface area contributed by atoms with E-state index in [-0.39, 0.29) is 11.0 Å². The maximum absolute atomic E-state index is 6.32. The summed E-state index contributed by atoms with van der Waals surface area (Å²) >= 11 is 6.32. The number of hydrogen-bond acceptors (Lipinski definition) is 3. The quantitative estimate of drug-likeness (QED) is 0.905. The number of halogens is 1. The van der Waals surface area contributed by atoms with Crippen LogP contribution in [-0.2, 0) is 6.42 Å². The van der Waals surface area contributed by atoms with Crippen molar-refractivity contribution in [2.45, 2.75) is 38.6 Å². The molecule has 0 radical (unpaired) electrons. The standard InChI is InChI=1S/C15H20ClNO2/c1-14(2,17)7-10-5-11(16)13-12(6-10)18-8-15(3-4-15)9-19-13/h5-6H,3-4,7-9,17H2,1-2H3. The van der Waals surface area contributed by atoms with Gasteiger partial charge in [-0.25, -0.2) is 0 Å². The highest BCUT2D eigenvalue weighted by molar-refractivity contribution is 6.32.